The van der Waals surface area contributed by atoms with Crippen LogP contribution in [-0.2, 0) is 10.9 Å². The van der Waals surface area contributed by atoms with Crippen molar-refractivity contribution in [1.82, 2.24) is 0 Å². The third kappa shape index (κ3) is 7.04. The molecule has 3 rings (SSSR count). The van der Waals surface area contributed by atoms with E-state index in [1.165, 1.54) is 12.1 Å². The molecule has 0 fully saturated rings. The number of ether oxygens (including phenoxy) is 3. The third-order valence-electron chi connectivity index (χ3n) is 4.59. The van der Waals surface area contributed by atoms with Crippen LogP contribution in [0.1, 0.15) is 35.7 Å². The molecule has 0 radical (unpaired) electrons. The predicted molar refractivity (Wildman–Crippen MR) is 113 cm³/mol. The summed E-state index contributed by atoms with van der Waals surface area (Å²) in [5.41, 5.74) is -0.435. The number of benzene rings is 3. The molecular formula is C25H23F3O4. The molecule has 168 valence electrons. The summed E-state index contributed by atoms with van der Waals surface area (Å²) < 4.78 is 55.5. The van der Waals surface area contributed by atoms with E-state index >= 15 is 0 Å². The molecule has 0 aliphatic carbocycles. The summed E-state index contributed by atoms with van der Waals surface area (Å²) >= 11 is 0. The molecule has 0 N–H and O–H groups in total. The van der Waals surface area contributed by atoms with Gasteiger partial charge in [-0.15, -0.1) is 0 Å². The second-order valence-electron chi connectivity index (χ2n) is 7.16. The van der Waals surface area contributed by atoms with Crippen LogP contribution < -0.4 is 9.47 Å². The summed E-state index contributed by atoms with van der Waals surface area (Å²) in [4.78, 5) is 12.5. The highest BCUT2D eigenvalue weighted by atomic mass is 19.4. The monoisotopic (exact) mass is 444 g/mol. The number of carbonyl (C=O) groups is 1. The zero-order chi connectivity index (χ0) is 23.0. The van der Waals surface area contributed by atoms with E-state index in [9.17, 15) is 18.0 Å². The fourth-order valence-corrected chi connectivity index (χ4v) is 2.94. The number of carbonyl (C=O) groups excluding carboxylic acids is 1. The molecule has 4 nitrogen and oxygen atoms in total. The Balaban J connectivity index is 1.66. The molecule has 2 atom stereocenters. The van der Waals surface area contributed by atoms with Crippen LogP contribution in [0.5, 0.6) is 11.5 Å². The number of hydrogen-bond acceptors (Lipinski definition) is 4. The maximum Gasteiger partial charge on any atom is 0.416 e. The van der Waals surface area contributed by atoms with Crippen LogP contribution in [0.25, 0.3) is 0 Å². The molecule has 2 unspecified atom stereocenters. The van der Waals surface area contributed by atoms with E-state index in [2.05, 4.69) is 0 Å². The highest BCUT2D eigenvalue weighted by Crippen LogP contribution is 2.30. The second-order valence-corrected chi connectivity index (χ2v) is 7.16. The molecule has 3 aromatic rings. The highest BCUT2D eigenvalue weighted by molar-refractivity contribution is 5.89. The molecule has 7 heteroatoms. The van der Waals surface area contributed by atoms with E-state index in [1.807, 2.05) is 37.3 Å². The topological polar surface area (TPSA) is 44.8 Å². The quantitative estimate of drug-likeness (QED) is 0.279. The normalized spacial score (nSPS) is 13.1. The lowest BCUT2D eigenvalue weighted by molar-refractivity contribution is -0.137. The molecule has 0 aromatic heterocycles. The maximum atomic E-state index is 12.8. The Kier molecular flexibility index (Phi) is 7.76. The lowest BCUT2D eigenvalue weighted by Crippen LogP contribution is -2.26. The van der Waals surface area contributed by atoms with Crippen LogP contribution in [-0.4, -0.2) is 18.4 Å². The molecule has 0 bridgehead atoms. The van der Waals surface area contributed by atoms with Crippen molar-refractivity contribution in [2.75, 3.05) is 0 Å². The smallest absolute Gasteiger partial charge is 0.416 e. The SMILES string of the molecule is CC(CCC(OC(=O)c1ccccc1)Oc1ccc(C(F)(F)F)cc1)Oc1ccccc1. The highest BCUT2D eigenvalue weighted by Gasteiger charge is 2.30. The van der Waals surface area contributed by atoms with E-state index < -0.39 is 24.0 Å². The molecular weight excluding hydrogens is 421 g/mol. The first-order valence-electron chi connectivity index (χ1n) is 10.1. The number of hydrogen-bond donors (Lipinski definition) is 0. The van der Waals surface area contributed by atoms with Crippen molar-refractivity contribution in [1.29, 1.82) is 0 Å². The number of halogens is 3. The minimum Gasteiger partial charge on any atom is -0.491 e. The van der Waals surface area contributed by atoms with E-state index in [0.29, 0.717) is 17.7 Å². The molecule has 0 aliphatic rings. The minimum atomic E-state index is -4.44. The first kappa shape index (κ1) is 23.2. The Hall–Kier alpha value is -3.48. The van der Waals surface area contributed by atoms with Gasteiger partial charge in [0.25, 0.3) is 0 Å². The Bertz CT molecular complexity index is 974. The standard InChI is InChI=1S/C25H23F3O4/c1-18(30-21-10-6-3-7-11-21)12-17-23(32-24(29)19-8-4-2-5-9-19)31-22-15-13-20(14-16-22)25(26,27)28/h2-11,13-16,18,23H,12,17H2,1H3. The predicted octanol–water partition coefficient (Wildman–Crippen LogP) is 6.52. The van der Waals surface area contributed by atoms with Crippen molar-refractivity contribution in [2.45, 2.75) is 38.3 Å². The molecule has 0 spiro atoms. The van der Waals surface area contributed by atoms with Crippen LogP contribution in [0.15, 0.2) is 84.9 Å². The van der Waals surface area contributed by atoms with Gasteiger partial charge < -0.3 is 14.2 Å². The van der Waals surface area contributed by atoms with Crippen molar-refractivity contribution >= 4 is 5.97 Å². The van der Waals surface area contributed by atoms with E-state index in [4.69, 9.17) is 14.2 Å². The number of alkyl halides is 3. The first-order chi connectivity index (χ1) is 15.3. The van der Waals surface area contributed by atoms with Crippen molar-refractivity contribution < 1.29 is 32.2 Å². The molecule has 0 saturated heterocycles. The average molecular weight is 444 g/mol. The van der Waals surface area contributed by atoms with Gasteiger partial charge >= 0.3 is 12.1 Å². The zero-order valence-corrected chi connectivity index (χ0v) is 17.4. The van der Waals surface area contributed by atoms with E-state index in [0.717, 1.165) is 12.1 Å². The third-order valence-corrected chi connectivity index (χ3v) is 4.59. The molecule has 0 saturated carbocycles. The summed E-state index contributed by atoms with van der Waals surface area (Å²) in [7, 11) is 0. The fourth-order valence-electron chi connectivity index (χ4n) is 2.94. The largest absolute Gasteiger partial charge is 0.491 e. The molecule has 0 aliphatic heterocycles. The van der Waals surface area contributed by atoms with Gasteiger partial charge in [0.1, 0.15) is 11.5 Å². The van der Waals surface area contributed by atoms with Gasteiger partial charge in [0, 0.05) is 6.42 Å². The first-order valence-corrected chi connectivity index (χ1v) is 10.1. The van der Waals surface area contributed by atoms with Crippen LogP contribution in [0, 0.1) is 0 Å². The lowest BCUT2D eigenvalue weighted by atomic mass is 10.2. The van der Waals surface area contributed by atoms with E-state index in [-0.39, 0.29) is 18.3 Å². The van der Waals surface area contributed by atoms with Gasteiger partial charge in [-0.05, 0) is 61.9 Å². The van der Waals surface area contributed by atoms with E-state index in [1.54, 1.807) is 30.3 Å². The van der Waals surface area contributed by atoms with Crippen molar-refractivity contribution in [2.24, 2.45) is 0 Å². The Morgan fingerprint density at radius 1 is 0.781 bits per heavy atom. The Morgan fingerprint density at radius 3 is 1.94 bits per heavy atom. The summed E-state index contributed by atoms with van der Waals surface area (Å²) in [6.07, 6.45) is -4.87. The van der Waals surface area contributed by atoms with Crippen LogP contribution >= 0.6 is 0 Å². The van der Waals surface area contributed by atoms with Gasteiger partial charge in [-0.3, -0.25) is 0 Å². The van der Waals surface area contributed by atoms with Crippen molar-refractivity contribution in [3.8, 4) is 11.5 Å². The summed E-state index contributed by atoms with van der Waals surface area (Å²) in [6.45, 7) is 1.88. The van der Waals surface area contributed by atoms with Crippen molar-refractivity contribution in [3.05, 3.63) is 96.1 Å². The van der Waals surface area contributed by atoms with Gasteiger partial charge in [0.2, 0.25) is 6.29 Å². The Morgan fingerprint density at radius 2 is 1.34 bits per heavy atom. The number of para-hydroxylation sites is 1. The fraction of sp³-hybridized carbons (Fsp3) is 0.240. The van der Waals surface area contributed by atoms with Gasteiger partial charge in [-0.1, -0.05) is 36.4 Å². The molecule has 3 aromatic carbocycles. The summed E-state index contributed by atoms with van der Waals surface area (Å²) in [6, 6.07) is 21.9. The zero-order valence-electron chi connectivity index (χ0n) is 17.4. The second kappa shape index (κ2) is 10.7. The van der Waals surface area contributed by atoms with Gasteiger partial charge in [-0.2, -0.15) is 13.2 Å². The molecule has 32 heavy (non-hydrogen) atoms. The van der Waals surface area contributed by atoms with Gasteiger partial charge in [-0.25, -0.2) is 4.79 Å². The Labute approximate surface area is 184 Å². The molecule has 0 heterocycles. The lowest BCUT2D eigenvalue weighted by Gasteiger charge is -2.22. The van der Waals surface area contributed by atoms with Crippen molar-refractivity contribution in [3.63, 3.8) is 0 Å². The van der Waals surface area contributed by atoms with Crippen LogP contribution in [0.2, 0.25) is 0 Å². The maximum absolute atomic E-state index is 12.8. The van der Waals surface area contributed by atoms with Crippen LogP contribution in [0.3, 0.4) is 0 Å². The number of rotatable bonds is 9. The minimum absolute atomic E-state index is 0.167. The number of esters is 1. The summed E-state index contributed by atoms with van der Waals surface area (Å²) in [5, 5.41) is 0. The average Bonchev–Trinajstić information content (AvgIpc) is 2.78. The summed E-state index contributed by atoms with van der Waals surface area (Å²) in [5.74, 6) is 0.293. The molecule has 0 amide bonds. The van der Waals surface area contributed by atoms with Gasteiger partial charge in [0.15, 0.2) is 0 Å². The van der Waals surface area contributed by atoms with Gasteiger partial charge in [0.05, 0.1) is 17.2 Å². The van der Waals surface area contributed by atoms with Crippen LogP contribution in [0.4, 0.5) is 13.2 Å².